The van der Waals surface area contributed by atoms with Crippen molar-refractivity contribution in [1.29, 1.82) is 0 Å². The van der Waals surface area contributed by atoms with Gasteiger partial charge in [-0.1, -0.05) is 35.5 Å². The number of halogens is 5. The van der Waals surface area contributed by atoms with E-state index in [0.717, 1.165) is 34.0 Å². The van der Waals surface area contributed by atoms with E-state index in [9.17, 15) is 22.4 Å². The van der Waals surface area contributed by atoms with Crippen LogP contribution in [0.5, 0.6) is 0 Å². The van der Waals surface area contributed by atoms with Gasteiger partial charge < -0.3 is 4.90 Å². The average Bonchev–Trinajstić information content (AvgIpc) is 3.08. The Balaban J connectivity index is 1.75. The fourth-order valence-corrected chi connectivity index (χ4v) is 3.68. The third kappa shape index (κ3) is 4.64. The molecule has 2 heterocycles. The first-order valence-electron chi connectivity index (χ1n) is 8.33. The van der Waals surface area contributed by atoms with Crippen LogP contribution in [-0.4, -0.2) is 38.2 Å². The minimum Gasteiger partial charge on any atom is -0.338 e. The molecule has 0 saturated carbocycles. The van der Waals surface area contributed by atoms with Gasteiger partial charge in [0, 0.05) is 13.2 Å². The van der Waals surface area contributed by atoms with Crippen LogP contribution in [0.25, 0.3) is 5.65 Å². The van der Waals surface area contributed by atoms with E-state index in [1.54, 1.807) is 26.1 Å². The second kappa shape index (κ2) is 8.19. The molecule has 1 unspecified atom stereocenters. The van der Waals surface area contributed by atoms with Crippen molar-refractivity contribution in [3.8, 4) is 0 Å². The third-order valence-electron chi connectivity index (χ3n) is 4.41. The number of alkyl halides is 3. The van der Waals surface area contributed by atoms with Crippen LogP contribution in [0.4, 0.5) is 17.6 Å². The van der Waals surface area contributed by atoms with Crippen molar-refractivity contribution in [2.24, 2.45) is 0 Å². The van der Waals surface area contributed by atoms with Gasteiger partial charge in [0.1, 0.15) is 5.82 Å². The van der Waals surface area contributed by atoms with Crippen LogP contribution in [0.2, 0.25) is 5.02 Å². The molecule has 0 bridgehead atoms. The SMILES string of the molecule is CC(c1ccc(F)cc1)N(C)C(=O)CSc1nnc2c(Cl)cc(C(F)(F)F)cn12. The molecule has 11 heteroatoms. The summed E-state index contributed by atoms with van der Waals surface area (Å²) in [6, 6.07) is 6.26. The highest BCUT2D eigenvalue weighted by Gasteiger charge is 2.32. The Morgan fingerprint density at radius 2 is 1.93 bits per heavy atom. The van der Waals surface area contributed by atoms with Gasteiger partial charge in [0.15, 0.2) is 10.8 Å². The summed E-state index contributed by atoms with van der Waals surface area (Å²) in [5.41, 5.74) is -0.116. The number of hydrogen-bond donors (Lipinski definition) is 0. The van der Waals surface area contributed by atoms with Crippen LogP contribution in [0.15, 0.2) is 41.7 Å². The lowest BCUT2D eigenvalue weighted by Crippen LogP contribution is -2.31. The van der Waals surface area contributed by atoms with E-state index < -0.39 is 11.7 Å². The molecule has 1 amide bonds. The zero-order valence-electron chi connectivity index (χ0n) is 15.2. The number of carbonyl (C=O) groups excluding carboxylic acids is 1. The van der Waals surface area contributed by atoms with Gasteiger partial charge in [-0.2, -0.15) is 13.2 Å². The van der Waals surface area contributed by atoms with Crippen LogP contribution in [0.3, 0.4) is 0 Å². The maximum Gasteiger partial charge on any atom is 0.417 e. The van der Waals surface area contributed by atoms with E-state index in [-0.39, 0.29) is 39.3 Å². The molecule has 0 spiro atoms. The summed E-state index contributed by atoms with van der Waals surface area (Å²) in [5, 5.41) is 7.55. The second-order valence-corrected chi connectivity index (χ2v) is 7.62. The zero-order chi connectivity index (χ0) is 21.3. The van der Waals surface area contributed by atoms with Gasteiger partial charge in [-0.25, -0.2) is 4.39 Å². The Morgan fingerprint density at radius 3 is 2.55 bits per heavy atom. The first-order chi connectivity index (χ1) is 13.6. The molecule has 0 aliphatic heterocycles. The minimum absolute atomic E-state index is 0.0719. The maximum absolute atomic E-state index is 13.1. The van der Waals surface area contributed by atoms with Crippen LogP contribution in [-0.2, 0) is 11.0 Å². The molecule has 1 aromatic carbocycles. The summed E-state index contributed by atoms with van der Waals surface area (Å²) < 4.78 is 53.3. The zero-order valence-corrected chi connectivity index (χ0v) is 16.8. The Hall–Kier alpha value is -2.33. The maximum atomic E-state index is 13.1. The summed E-state index contributed by atoms with van der Waals surface area (Å²) in [7, 11) is 1.59. The Bertz CT molecular complexity index is 1040. The summed E-state index contributed by atoms with van der Waals surface area (Å²) in [4.78, 5) is 14.0. The molecule has 154 valence electrons. The number of pyridine rings is 1. The molecule has 0 saturated heterocycles. The second-order valence-electron chi connectivity index (χ2n) is 6.27. The lowest BCUT2D eigenvalue weighted by atomic mass is 10.1. The molecule has 1 atom stereocenters. The van der Waals surface area contributed by atoms with E-state index in [2.05, 4.69) is 10.2 Å². The molecule has 0 N–H and O–H groups in total. The fourth-order valence-electron chi connectivity index (χ4n) is 2.60. The normalized spacial score (nSPS) is 12.9. The number of rotatable bonds is 5. The number of hydrogen-bond acceptors (Lipinski definition) is 4. The summed E-state index contributed by atoms with van der Waals surface area (Å²) in [5.74, 6) is -0.723. The Morgan fingerprint density at radius 1 is 1.28 bits per heavy atom. The number of carbonyl (C=O) groups is 1. The molecular formula is C18H15ClF4N4OS. The fraction of sp³-hybridized carbons (Fsp3) is 0.278. The molecule has 0 aliphatic rings. The van der Waals surface area contributed by atoms with Gasteiger partial charge in [-0.15, -0.1) is 10.2 Å². The van der Waals surface area contributed by atoms with Gasteiger partial charge in [-0.05, 0) is 30.7 Å². The van der Waals surface area contributed by atoms with E-state index in [0.29, 0.717) is 0 Å². The van der Waals surface area contributed by atoms with Crippen molar-refractivity contribution in [2.75, 3.05) is 12.8 Å². The molecule has 0 fully saturated rings. The number of thioether (sulfide) groups is 1. The number of amides is 1. The van der Waals surface area contributed by atoms with Crippen LogP contribution in [0, 0.1) is 5.82 Å². The first kappa shape index (κ1) is 21.4. The predicted molar refractivity (Wildman–Crippen MR) is 101 cm³/mol. The molecular weight excluding hydrogens is 432 g/mol. The van der Waals surface area contributed by atoms with Crippen molar-refractivity contribution >= 4 is 34.9 Å². The number of fused-ring (bicyclic) bond motifs is 1. The van der Waals surface area contributed by atoms with Crippen LogP contribution < -0.4 is 0 Å². The van der Waals surface area contributed by atoms with Crippen LogP contribution in [0.1, 0.15) is 24.1 Å². The van der Waals surface area contributed by atoms with Crippen molar-refractivity contribution in [3.05, 3.63) is 58.5 Å². The standard InChI is InChI=1S/C18H15ClF4N4OS/c1-10(11-3-5-13(20)6-4-11)26(2)15(28)9-29-17-25-24-16-14(19)7-12(8-27(16)17)18(21,22)23/h3-8,10H,9H2,1-2H3. The molecule has 3 rings (SSSR count). The van der Waals surface area contributed by atoms with Crippen molar-refractivity contribution in [3.63, 3.8) is 0 Å². The quantitative estimate of drug-likeness (QED) is 0.415. The highest BCUT2D eigenvalue weighted by molar-refractivity contribution is 7.99. The summed E-state index contributed by atoms with van der Waals surface area (Å²) in [6.45, 7) is 1.79. The highest BCUT2D eigenvalue weighted by atomic mass is 35.5. The predicted octanol–water partition coefficient (Wildman–Crippen LogP) is 4.85. The van der Waals surface area contributed by atoms with E-state index in [4.69, 9.17) is 11.6 Å². The molecule has 0 radical (unpaired) electrons. The van der Waals surface area contributed by atoms with Gasteiger partial charge in [-0.3, -0.25) is 9.20 Å². The monoisotopic (exact) mass is 446 g/mol. The lowest BCUT2D eigenvalue weighted by molar-refractivity contribution is -0.138. The average molecular weight is 447 g/mol. The Labute approximate surface area is 172 Å². The highest BCUT2D eigenvalue weighted by Crippen LogP contribution is 2.33. The molecule has 3 aromatic rings. The number of aromatic nitrogens is 3. The Kier molecular flexibility index (Phi) is 6.04. The van der Waals surface area contributed by atoms with E-state index >= 15 is 0 Å². The molecule has 0 aliphatic carbocycles. The van der Waals surface area contributed by atoms with Crippen molar-refractivity contribution < 1.29 is 22.4 Å². The van der Waals surface area contributed by atoms with E-state index in [1.807, 2.05) is 0 Å². The summed E-state index contributed by atoms with van der Waals surface area (Å²) in [6.07, 6.45) is -3.73. The third-order valence-corrected chi connectivity index (χ3v) is 5.61. The lowest BCUT2D eigenvalue weighted by Gasteiger charge is -2.25. The first-order valence-corrected chi connectivity index (χ1v) is 9.69. The molecule has 29 heavy (non-hydrogen) atoms. The largest absolute Gasteiger partial charge is 0.417 e. The van der Waals surface area contributed by atoms with Gasteiger partial charge in [0.25, 0.3) is 0 Å². The molecule has 2 aromatic heterocycles. The van der Waals surface area contributed by atoms with Crippen LogP contribution >= 0.6 is 23.4 Å². The minimum atomic E-state index is -4.58. The number of benzene rings is 1. The van der Waals surface area contributed by atoms with E-state index in [1.165, 1.54) is 17.0 Å². The van der Waals surface area contributed by atoms with Crippen molar-refractivity contribution in [1.82, 2.24) is 19.5 Å². The van der Waals surface area contributed by atoms with Gasteiger partial charge in [0.05, 0.1) is 22.4 Å². The van der Waals surface area contributed by atoms with Gasteiger partial charge in [0.2, 0.25) is 5.91 Å². The topological polar surface area (TPSA) is 50.5 Å². The number of nitrogens with zero attached hydrogens (tertiary/aromatic N) is 4. The van der Waals surface area contributed by atoms with Crippen molar-refractivity contribution in [2.45, 2.75) is 24.3 Å². The molecule has 5 nitrogen and oxygen atoms in total. The van der Waals surface area contributed by atoms with Gasteiger partial charge >= 0.3 is 6.18 Å². The smallest absolute Gasteiger partial charge is 0.338 e. The summed E-state index contributed by atoms with van der Waals surface area (Å²) >= 11 is 6.83.